The second-order valence-corrected chi connectivity index (χ2v) is 7.59. The molecule has 2 amide bonds. The maximum Gasteiger partial charge on any atom is 0.314 e. The van der Waals surface area contributed by atoms with E-state index in [-0.39, 0.29) is 17.4 Å². The number of para-hydroxylation sites is 2. The first-order valence-electron chi connectivity index (χ1n) is 8.84. The Kier molecular flexibility index (Phi) is 6.06. The quantitative estimate of drug-likeness (QED) is 0.721. The van der Waals surface area contributed by atoms with E-state index in [9.17, 15) is 9.90 Å². The zero-order valence-corrected chi connectivity index (χ0v) is 15.8. The van der Waals surface area contributed by atoms with Crippen molar-refractivity contribution in [1.29, 1.82) is 0 Å². The summed E-state index contributed by atoms with van der Waals surface area (Å²) in [4.78, 5) is 16.6. The summed E-state index contributed by atoms with van der Waals surface area (Å²) in [6.07, 6.45) is -0.465. The number of nitrogens with zero attached hydrogens (tertiary/aromatic N) is 2. The first-order valence-corrected chi connectivity index (χ1v) is 8.84. The Bertz CT molecular complexity index is 721. The van der Waals surface area contributed by atoms with E-state index in [0.717, 1.165) is 16.9 Å². The highest BCUT2D eigenvalue weighted by atomic mass is 16.3. The molecule has 0 aliphatic heterocycles. The van der Waals surface area contributed by atoms with Crippen LogP contribution < -0.4 is 10.6 Å². The number of imidazole rings is 1. The number of aromatic nitrogens is 2. The third-order valence-electron chi connectivity index (χ3n) is 4.60. The average molecular weight is 346 g/mol. The minimum absolute atomic E-state index is 0.150. The summed E-state index contributed by atoms with van der Waals surface area (Å²) in [5, 5.41) is 15.9. The molecule has 0 radical (unpaired) electrons. The predicted molar refractivity (Wildman–Crippen MR) is 100 cm³/mol. The molecule has 0 aliphatic carbocycles. The fourth-order valence-corrected chi connectivity index (χ4v) is 3.14. The number of aliphatic hydroxyl groups is 1. The van der Waals surface area contributed by atoms with Crippen LogP contribution in [0.4, 0.5) is 4.79 Å². The molecule has 0 spiro atoms. The summed E-state index contributed by atoms with van der Waals surface area (Å²) in [6, 6.07) is 7.76. The number of carbonyl (C=O) groups is 1. The molecule has 1 atom stereocenters. The predicted octanol–water partition coefficient (Wildman–Crippen LogP) is 2.69. The largest absolute Gasteiger partial charge is 0.392 e. The zero-order chi connectivity index (χ0) is 18.6. The first kappa shape index (κ1) is 19.2. The van der Waals surface area contributed by atoms with Gasteiger partial charge in [-0.25, -0.2) is 9.78 Å². The first-order chi connectivity index (χ1) is 11.7. The van der Waals surface area contributed by atoms with Gasteiger partial charge in [-0.2, -0.15) is 0 Å². The number of aryl methyl sites for hydroxylation is 1. The highest BCUT2D eigenvalue weighted by Crippen LogP contribution is 2.24. The number of fused-ring (bicyclic) bond motifs is 1. The second-order valence-electron chi connectivity index (χ2n) is 7.59. The van der Waals surface area contributed by atoms with Gasteiger partial charge in [0.2, 0.25) is 0 Å². The number of hydrogen-bond donors (Lipinski definition) is 3. The van der Waals surface area contributed by atoms with Crippen molar-refractivity contribution < 1.29 is 9.90 Å². The Labute approximate surface area is 149 Å². The number of amides is 2. The number of carbonyl (C=O) groups excluding carboxylic acids is 1. The van der Waals surface area contributed by atoms with Gasteiger partial charge in [0.05, 0.1) is 17.1 Å². The van der Waals surface area contributed by atoms with E-state index >= 15 is 0 Å². The number of urea groups is 1. The van der Waals surface area contributed by atoms with Gasteiger partial charge in [-0.15, -0.1) is 0 Å². The molecular weight excluding hydrogens is 316 g/mol. The van der Waals surface area contributed by atoms with Crippen LogP contribution in [0.5, 0.6) is 0 Å². The van der Waals surface area contributed by atoms with Gasteiger partial charge in [-0.1, -0.05) is 39.8 Å². The lowest BCUT2D eigenvalue weighted by atomic mass is 9.81. The Morgan fingerprint density at radius 1 is 1.28 bits per heavy atom. The molecule has 0 fully saturated rings. The van der Waals surface area contributed by atoms with Crippen LogP contribution in [-0.4, -0.2) is 39.9 Å². The van der Waals surface area contributed by atoms with Crippen molar-refractivity contribution >= 4 is 17.1 Å². The molecule has 0 saturated heterocycles. The molecule has 6 nitrogen and oxygen atoms in total. The van der Waals surface area contributed by atoms with Crippen molar-refractivity contribution in [2.24, 2.45) is 11.3 Å². The molecule has 2 rings (SSSR count). The van der Waals surface area contributed by atoms with Gasteiger partial charge >= 0.3 is 6.03 Å². The summed E-state index contributed by atoms with van der Waals surface area (Å²) >= 11 is 0. The summed E-state index contributed by atoms with van der Waals surface area (Å²) in [5.74, 6) is 1.09. The monoisotopic (exact) mass is 346 g/mol. The van der Waals surface area contributed by atoms with Crippen LogP contribution in [-0.2, 0) is 6.54 Å². The van der Waals surface area contributed by atoms with Crippen LogP contribution in [0, 0.1) is 18.3 Å². The number of nitrogens with one attached hydrogen (secondary N) is 2. The molecule has 2 aromatic rings. The van der Waals surface area contributed by atoms with Crippen LogP contribution in [0.15, 0.2) is 24.3 Å². The van der Waals surface area contributed by atoms with Crippen LogP contribution in [0.1, 0.15) is 33.5 Å². The second kappa shape index (κ2) is 7.87. The van der Waals surface area contributed by atoms with E-state index in [1.54, 1.807) is 0 Å². The third kappa shape index (κ3) is 4.72. The topological polar surface area (TPSA) is 79.2 Å². The van der Waals surface area contributed by atoms with Gasteiger partial charge in [-0.3, -0.25) is 0 Å². The summed E-state index contributed by atoms with van der Waals surface area (Å²) < 4.78 is 2.10. The lowest BCUT2D eigenvalue weighted by Crippen LogP contribution is -2.46. The standard InChI is InChI=1S/C19H30N4O2/c1-13(2)17(24)19(4,5)12-21-18(25)20-10-11-23-14(3)22-15-8-6-7-9-16(15)23/h6-9,13,17,24H,10-12H2,1-5H3,(H2,20,21,25). The fourth-order valence-electron chi connectivity index (χ4n) is 3.14. The van der Waals surface area contributed by atoms with E-state index in [0.29, 0.717) is 19.6 Å². The van der Waals surface area contributed by atoms with Gasteiger partial charge in [0, 0.05) is 25.0 Å². The molecule has 1 unspecified atom stereocenters. The number of hydrogen-bond acceptors (Lipinski definition) is 3. The highest BCUT2D eigenvalue weighted by Gasteiger charge is 2.30. The van der Waals surface area contributed by atoms with Gasteiger partial charge in [0.1, 0.15) is 5.82 Å². The van der Waals surface area contributed by atoms with Crippen LogP contribution in [0.3, 0.4) is 0 Å². The smallest absolute Gasteiger partial charge is 0.314 e. The maximum absolute atomic E-state index is 12.0. The Balaban J connectivity index is 1.83. The summed E-state index contributed by atoms with van der Waals surface area (Å²) in [5.41, 5.74) is 1.67. The molecule has 1 aromatic carbocycles. The molecule has 1 heterocycles. The van der Waals surface area contributed by atoms with Gasteiger partial charge in [0.15, 0.2) is 0 Å². The summed E-state index contributed by atoms with van der Waals surface area (Å²) in [6.45, 7) is 11.4. The summed E-state index contributed by atoms with van der Waals surface area (Å²) in [7, 11) is 0. The molecule has 3 N–H and O–H groups in total. The van der Waals surface area contributed by atoms with Crippen molar-refractivity contribution in [2.75, 3.05) is 13.1 Å². The Morgan fingerprint density at radius 3 is 2.64 bits per heavy atom. The minimum atomic E-state index is -0.465. The normalized spacial score (nSPS) is 13.2. The maximum atomic E-state index is 12.0. The van der Waals surface area contributed by atoms with E-state index < -0.39 is 6.10 Å². The van der Waals surface area contributed by atoms with Gasteiger partial charge in [-0.05, 0) is 25.0 Å². The van der Waals surface area contributed by atoms with Gasteiger partial charge < -0.3 is 20.3 Å². The molecular formula is C19H30N4O2. The third-order valence-corrected chi connectivity index (χ3v) is 4.60. The highest BCUT2D eigenvalue weighted by molar-refractivity contribution is 5.76. The van der Waals surface area contributed by atoms with Crippen molar-refractivity contribution in [3.63, 3.8) is 0 Å². The molecule has 138 valence electrons. The van der Waals surface area contributed by atoms with E-state index in [2.05, 4.69) is 20.2 Å². The molecule has 0 aliphatic rings. The Morgan fingerprint density at radius 2 is 1.96 bits per heavy atom. The number of rotatable bonds is 7. The van der Waals surface area contributed by atoms with Crippen molar-refractivity contribution in [3.8, 4) is 0 Å². The number of aliphatic hydroxyl groups excluding tert-OH is 1. The molecule has 6 heteroatoms. The van der Waals surface area contributed by atoms with Crippen LogP contribution >= 0.6 is 0 Å². The lowest BCUT2D eigenvalue weighted by molar-refractivity contribution is 0.0151. The average Bonchev–Trinajstić information content (AvgIpc) is 2.88. The fraction of sp³-hybridized carbons (Fsp3) is 0.579. The molecule has 25 heavy (non-hydrogen) atoms. The van der Waals surface area contributed by atoms with Crippen molar-refractivity contribution in [3.05, 3.63) is 30.1 Å². The molecule has 0 bridgehead atoms. The van der Waals surface area contributed by atoms with E-state index in [1.165, 1.54) is 0 Å². The van der Waals surface area contributed by atoms with Crippen molar-refractivity contribution in [1.82, 2.24) is 20.2 Å². The zero-order valence-electron chi connectivity index (χ0n) is 15.8. The minimum Gasteiger partial charge on any atom is -0.392 e. The SMILES string of the molecule is Cc1nc2ccccc2n1CCNC(=O)NCC(C)(C)C(O)C(C)C. The molecule has 0 saturated carbocycles. The van der Waals surface area contributed by atoms with Crippen LogP contribution in [0.2, 0.25) is 0 Å². The molecule has 1 aromatic heterocycles. The number of benzene rings is 1. The van der Waals surface area contributed by atoms with E-state index in [1.807, 2.05) is 58.9 Å². The van der Waals surface area contributed by atoms with Gasteiger partial charge in [0.25, 0.3) is 0 Å². The van der Waals surface area contributed by atoms with Crippen LogP contribution in [0.25, 0.3) is 11.0 Å². The van der Waals surface area contributed by atoms with E-state index in [4.69, 9.17) is 0 Å². The Hall–Kier alpha value is -2.08. The van der Waals surface area contributed by atoms with Crippen molar-refractivity contribution in [2.45, 2.75) is 47.3 Å². The lowest BCUT2D eigenvalue weighted by Gasteiger charge is -2.33.